The molecule has 28 heavy (non-hydrogen) atoms. The van der Waals surface area contributed by atoms with Gasteiger partial charge in [-0.3, -0.25) is 19.9 Å². The summed E-state index contributed by atoms with van der Waals surface area (Å²) in [6.45, 7) is 7.73. The van der Waals surface area contributed by atoms with Gasteiger partial charge in [-0.05, 0) is 35.7 Å². The van der Waals surface area contributed by atoms with Crippen molar-refractivity contribution in [3.63, 3.8) is 0 Å². The van der Waals surface area contributed by atoms with Gasteiger partial charge in [0.2, 0.25) is 0 Å². The van der Waals surface area contributed by atoms with Crippen molar-refractivity contribution in [1.82, 2.24) is 9.80 Å². The van der Waals surface area contributed by atoms with Gasteiger partial charge in [-0.15, -0.1) is 0 Å². The fourth-order valence-corrected chi connectivity index (χ4v) is 3.52. The van der Waals surface area contributed by atoms with Crippen LogP contribution >= 0.6 is 0 Å². The highest BCUT2D eigenvalue weighted by Gasteiger charge is 2.19. The summed E-state index contributed by atoms with van der Waals surface area (Å²) in [5, 5.41) is 10.8. The predicted octanol–water partition coefficient (Wildman–Crippen LogP) is 3.24. The SMILES string of the molecule is COc1cc(C)c(CN2CCN(Cc3ccc([N+](=O)[O-])cc3)CC2)cc1OC. The standard InChI is InChI=1S/C21H27N3O4/c1-16-12-20(27-2)21(28-3)13-18(16)15-23-10-8-22(9-11-23)14-17-4-6-19(7-5-17)24(25)26/h4-7,12-13H,8-11,14-15H2,1-3H3. The van der Waals surface area contributed by atoms with Gasteiger partial charge in [-0.1, -0.05) is 12.1 Å². The quantitative estimate of drug-likeness (QED) is 0.538. The van der Waals surface area contributed by atoms with Crippen LogP contribution in [-0.2, 0) is 13.1 Å². The number of nitro benzene ring substituents is 1. The molecule has 0 N–H and O–H groups in total. The molecule has 2 aromatic rings. The summed E-state index contributed by atoms with van der Waals surface area (Å²) in [5.41, 5.74) is 3.70. The molecule has 0 saturated carbocycles. The number of rotatable bonds is 7. The van der Waals surface area contributed by atoms with Crippen molar-refractivity contribution in [2.24, 2.45) is 0 Å². The first kappa shape index (κ1) is 20.1. The first-order chi connectivity index (χ1) is 13.5. The number of aryl methyl sites for hydroxylation is 1. The Bertz CT molecular complexity index is 815. The lowest BCUT2D eigenvalue weighted by Crippen LogP contribution is -2.45. The molecule has 2 aromatic carbocycles. The summed E-state index contributed by atoms with van der Waals surface area (Å²) >= 11 is 0. The lowest BCUT2D eigenvalue weighted by molar-refractivity contribution is -0.384. The van der Waals surface area contributed by atoms with Crippen molar-refractivity contribution in [1.29, 1.82) is 0 Å². The Morgan fingerprint density at radius 3 is 2.00 bits per heavy atom. The van der Waals surface area contributed by atoms with Crippen LogP contribution < -0.4 is 9.47 Å². The van der Waals surface area contributed by atoms with E-state index < -0.39 is 0 Å². The maximum absolute atomic E-state index is 10.8. The van der Waals surface area contributed by atoms with Crippen molar-refractivity contribution in [2.75, 3.05) is 40.4 Å². The smallest absolute Gasteiger partial charge is 0.269 e. The van der Waals surface area contributed by atoms with E-state index in [1.54, 1.807) is 26.4 Å². The average Bonchev–Trinajstić information content (AvgIpc) is 2.71. The van der Waals surface area contributed by atoms with Gasteiger partial charge < -0.3 is 9.47 Å². The van der Waals surface area contributed by atoms with Crippen molar-refractivity contribution < 1.29 is 14.4 Å². The summed E-state index contributed by atoms with van der Waals surface area (Å²) in [5.74, 6) is 1.52. The van der Waals surface area contributed by atoms with Gasteiger partial charge in [0, 0.05) is 51.4 Å². The minimum atomic E-state index is -0.362. The molecule has 0 bridgehead atoms. The minimum Gasteiger partial charge on any atom is -0.493 e. The van der Waals surface area contributed by atoms with Gasteiger partial charge in [-0.2, -0.15) is 0 Å². The van der Waals surface area contributed by atoms with Gasteiger partial charge >= 0.3 is 0 Å². The fraction of sp³-hybridized carbons (Fsp3) is 0.429. The highest BCUT2D eigenvalue weighted by Crippen LogP contribution is 2.31. The Kier molecular flexibility index (Phi) is 6.49. The van der Waals surface area contributed by atoms with E-state index in [-0.39, 0.29) is 10.6 Å². The first-order valence-electron chi connectivity index (χ1n) is 9.39. The molecule has 0 unspecified atom stereocenters. The molecule has 1 aliphatic rings. The second-order valence-electron chi connectivity index (χ2n) is 7.11. The molecular formula is C21H27N3O4. The zero-order valence-corrected chi connectivity index (χ0v) is 16.7. The second-order valence-corrected chi connectivity index (χ2v) is 7.11. The molecule has 0 spiro atoms. The zero-order chi connectivity index (χ0) is 20.1. The Morgan fingerprint density at radius 2 is 1.46 bits per heavy atom. The number of methoxy groups -OCH3 is 2. The number of non-ortho nitro benzene ring substituents is 1. The third-order valence-electron chi connectivity index (χ3n) is 5.25. The lowest BCUT2D eigenvalue weighted by Gasteiger charge is -2.35. The van der Waals surface area contributed by atoms with Crippen LogP contribution in [0.2, 0.25) is 0 Å². The largest absolute Gasteiger partial charge is 0.493 e. The molecule has 0 atom stereocenters. The third kappa shape index (κ3) is 4.79. The molecule has 1 heterocycles. The molecule has 0 amide bonds. The van der Waals surface area contributed by atoms with Crippen LogP contribution in [0.4, 0.5) is 5.69 Å². The molecule has 7 heteroatoms. The highest BCUT2D eigenvalue weighted by atomic mass is 16.6. The molecule has 150 valence electrons. The molecule has 0 aromatic heterocycles. The van der Waals surface area contributed by atoms with Gasteiger partial charge in [0.15, 0.2) is 11.5 Å². The number of hydrogen-bond donors (Lipinski definition) is 0. The van der Waals surface area contributed by atoms with Gasteiger partial charge in [0.05, 0.1) is 19.1 Å². The molecule has 1 saturated heterocycles. The third-order valence-corrected chi connectivity index (χ3v) is 5.25. The van der Waals surface area contributed by atoms with Crippen molar-refractivity contribution >= 4 is 5.69 Å². The highest BCUT2D eigenvalue weighted by molar-refractivity contribution is 5.47. The van der Waals surface area contributed by atoms with Gasteiger partial charge in [-0.25, -0.2) is 0 Å². The van der Waals surface area contributed by atoms with E-state index in [0.717, 1.165) is 56.3 Å². The van der Waals surface area contributed by atoms with Crippen LogP contribution in [0.1, 0.15) is 16.7 Å². The van der Waals surface area contributed by atoms with Crippen LogP contribution in [0.3, 0.4) is 0 Å². The van der Waals surface area contributed by atoms with Crippen molar-refractivity contribution in [3.05, 3.63) is 63.2 Å². The van der Waals surface area contributed by atoms with E-state index in [9.17, 15) is 10.1 Å². The van der Waals surface area contributed by atoms with Crippen molar-refractivity contribution in [2.45, 2.75) is 20.0 Å². The lowest BCUT2D eigenvalue weighted by atomic mass is 10.1. The maximum Gasteiger partial charge on any atom is 0.269 e. The second kappa shape index (κ2) is 9.03. The Morgan fingerprint density at radius 1 is 0.929 bits per heavy atom. The van der Waals surface area contributed by atoms with Crippen LogP contribution in [-0.4, -0.2) is 55.1 Å². The molecule has 7 nitrogen and oxygen atoms in total. The number of piperazine rings is 1. The topological polar surface area (TPSA) is 68.1 Å². The Hall–Kier alpha value is -2.64. The Balaban J connectivity index is 1.55. The van der Waals surface area contributed by atoms with Crippen LogP contribution in [0, 0.1) is 17.0 Å². The van der Waals surface area contributed by atoms with Crippen LogP contribution in [0.15, 0.2) is 36.4 Å². The van der Waals surface area contributed by atoms with E-state index >= 15 is 0 Å². The number of nitrogens with zero attached hydrogens (tertiary/aromatic N) is 3. The summed E-state index contributed by atoms with van der Waals surface area (Å²) in [4.78, 5) is 15.2. The van der Waals surface area contributed by atoms with E-state index in [4.69, 9.17) is 9.47 Å². The minimum absolute atomic E-state index is 0.138. The number of benzene rings is 2. The number of ether oxygens (including phenoxy) is 2. The fourth-order valence-electron chi connectivity index (χ4n) is 3.52. The Labute approximate surface area is 165 Å². The van der Waals surface area contributed by atoms with E-state index in [1.807, 2.05) is 18.2 Å². The van der Waals surface area contributed by atoms with Crippen LogP contribution in [0.5, 0.6) is 11.5 Å². The van der Waals surface area contributed by atoms with Crippen LogP contribution in [0.25, 0.3) is 0 Å². The normalized spacial score (nSPS) is 15.4. The summed E-state index contributed by atoms with van der Waals surface area (Å²) in [6.07, 6.45) is 0. The predicted molar refractivity (Wildman–Crippen MR) is 108 cm³/mol. The van der Waals surface area contributed by atoms with Crippen molar-refractivity contribution in [3.8, 4) is 11.5 Å². The average molecular weight is 385 g/mol. The number of nitro groups is 1. The molecular weight excluding hydrogens is 358 g/mol. The zero-order valence-electron chi connectivity index (χ0n) is 16.7. The number of hydrogen-bond acceptors (Lipinski definition) is 6. The van der Waals surface area contributed by atoms with Gasteiger partial charge in [0.1, 0.15) is 0 Å². The summed E-state index contributed by atoms with van der Waals surface area (Å²) < 4.78 is 10.8. The first-order valence-corrected chi connectivity index (χ1v) is 9.39. The van der Waals surface area contributed by atoms with E-state index in [0.29, 0.717) is 0 Å². The van der Waals surface area contributed by atoms with Gasteiger partial charge in [0.25, 0.3) is 5.69 Å². The van der Waals surface area contributed by atoms with E-state index in [1.165, 1.54) is 11.1 Å². The molecule has 0 aliphatic carbocycles. The summed E-state index contributed by atoms with van der Waals surface area (Å²) in [7, 11) is 3.31. The molecule has 1 aliphatic heterocycles. The summed E-state index contributed by atoms with van der Waals surface area (Å²) in [6, 6.07) is 10.9. The monoisotopic (exact) mass is 385 g/mol. The molecule has 3 rings (SSSR count). The van der Waals surface area contributed by atoms with E-state index in [2.05, 4.69) is 22.8 Å². The molecule has 1 fully saturated rings. The molecule has 0 radical (unpaired) electrons. The maximum atomic E-state index is 10.8.